The van der Waals surface area contributed by atoms with Crippen molar-refractivity contribution in [1.82, 2.24) is 10.2 Å². The fourth-order valence-electron chi connectivity index (χ4n) is 3.84. The van der Waals surface area contributed by atoms with Gasteiger partial charge in [-0.3, -0.25) is 4.79 Å². The molecule has 2 saturated heterocycles. The molecule has 0 aromatic rings. The molecule has 2 heterocycles. The summed E-state index contributed by atoms with van der Waals surface area (Å²) in [4.78, 5) is 25.7. The summed E-state index contributed by atoms with van der Waals surface area (Å²) >= 11 is 0. The average Bonchev–Trinajstić information content (AvgIpc) is 2.59. The van der Waals surface area contributed by atoms with E-state index in [4.69, 9.17) is 9.47 Å². The molecule has 0 aromatic heterocycles. The Morgan fingerprint density at radius 1 is 1.28 bits per heavy atom. The molecule has 2 amide bonds. The first-order valence-corrected chi connectivity index (χ1v) is 9.22. The van der Waals surface area contributed by atoms with E-state index in [-0.39, 0.29) is 17.4 Å². The molecule has 0 spiro atoms. The van der Waals surface area contributed by atoms with Gasteiger partial charge < -0.3 is 19.7 Å². The number of carbonyl (C=O) groups excluding carboxylic acids is 2. The highest BCUT2D eigenvalue weighted by atomic mass is 16.6. The Morgan fingerprint density at radius 2 is 1.88 bits per heavy atom. The maximum absolute atomic E-state index is 12.2. The summed E-state index contributed by atoms with van der Waals surface area (Å²) in [5.41, 5.74) is -0.415. The molecule has 0 bridgehead atoms. The van der Waals surface area contributed by atoms with Gasteiger partial charge in [0.2, 0.25) is 5.91 Å². The molecule has 0 unspecified atom stereocenters. The topological polar surface area (TPSA) is 67.9 Å². The Balaban J connectivity index is 1.96. The number of likely N-dealkylation sites (tertiary alicyclic amines) is 1. The minimum absolute atomic E-state index is 0.0525. The molecule has 6 heteroatoms. The molecule has 6 nitrogen and oxygen atoms in total. The molecular formula is C19H32N2O4. The van der Waals surface area contributed by atoms with Crippen LogP contribution in [0.3, 0.4) is 0 Å². The number of hydrogen-bond acceptors (Lipinski definition) is 4. The van der Waals surface area contributed by atoms with Gasteiger partial charge in [-0.25, -0.2) is 4.79 Å². The molecule has 0 atom stereocenters. The van der Waals surface area contributed by atoms with Gasteiger partial charge in [0.25, 0.3) is 0 Å². The Labute approximate surface area is 150 Å². The Morgan fingerprint density at radius 3 is 2.40 bits per heavy atom. The van der Waals surface area contributed by atoms with Gasteiger partial charge in [-0.05, 0) is 63.9 Å². The predicted molar refractivity (Wildman–Crippen MR) is 96.2 cm³/mol. The van der Waals surface area contributed by atoms with Gasteiger partial charge in [-0.1, -0.05) is 6.58 Å². The third-order valence-electron chi connectivity index (χ3n) is 5.30. The standard InChI is InChI=1S/C19H32N2O4/c1-5-16(22)20-14-19(8-12-24-13-9-19)15-6-10-21(11-7-15)17(23)25-18(2,3)4/h5,15H,1,6-14H2,2-4H3,(H,20,22). The molecule has 1 N–H and O–H groups in total. The average molecular weight is 352 g/mol. The van der Waals surface area contributed by atoms with Crippen molar-refractivity contribution < 1.29 is 19.1 Å². The monoisotopic (exact) mass is 352 g/mol. The first-order valence-electron chi connectivity index (χ1n) is 9.22. The van der Waals surface area contributed by atoms with Crippen molar-refractivity contribution in [1.29, 1.82) is 0 Å². The van der Waals surface area contributed by atoms with Crippen LogP contribution in [0, 0.1) is 11.3 Å². The largest absolute Gasteiger partial charge is 0.444 e. The molecule has 142 valence electrons. The van der Waals surface area contributed by atoms with Crippen LogP contribution in [0.5, 0.6) is 0 Å². The van der Waals surface area contributed by atoms with Crippen LogP contribution in [-0.4, -0.2) is 55.3 Å². The van der Waals surface area contributed by atoms with Gasteiger partial charge in [0.1, 0.15) is 5.60 Å². The van der Waals surface area contributed by atoms with E-state index in [0.29, 0.717) is 25.6 Å². The second-order valence-electron chi connectivity index (χ2n) is 8.14. The first-order chi connectivity index (χ1) is 11.8. The van der Waals surface area contributed by atoms with Crippen LogP contribution < -0.4 is 5.32 Å². The summed E-state index contributed by atoms with van der Waals surface area (Å²) in [5.74, 6) is 0.345. The summed E-state index contributed by atoms with van der Waals surface area (Å²) in [5, 5.41) is 2.99. The van der Waals surface area contributed by atoms with Crippen molar-refractivity contribution in [3.8, 4) is 0 Å². The highest BCUT2D eigenvalue weighted by molar-refractivity contribution is 5.86. The number of hydrogen-bond donors (Lipinski definition) is 1. The van der Waals surface area contributed by atoms with Gasteiger partial charge >= 0.3 is 6.09 Å². The van der Waals surface area contributed by atoms with E-state index < -0.39 is 5.60 Å². The van der Waals surface area contributed by atoms with Gasteiger partial charge in [0.15, 0.2) is 0 Å². The molecule has 25 heavy (non-hydrogen) atoms. The first kappa shape index (κ1) is 19.8. The summed E-state index contributed by atoms with van der Waals surface area (Å²) < 4.78 is 11.0. The lowest BCUT2D eigenvalue weighted by molar-refractivity contribution is -0.118. The molecular weight excluding hydrogens is 320 g/mol. The zero-order valence-corrected chi connectivity index (χ0v) is 15.8. The van der Waals surface area contributed by atoms with E-state index >= 15 is 0 Å². The smallest absolute Gasteiger partial charge is 0.410 e. The van der Waals surface area contributed by atoms with Gasteiger partial charge in [0, 0.05) is 32.8 Å². The predicted octanol–water partition coefficient (Wildman–Crippen LogP) is 2.73. The molecule has 0 aromatic carbocycles. The number of ether oxygens (including phenoxy) is 2. The molecule has 2 rings (SSSR count). The van der Waals surface area contributed by atoms with Crippen LogP contribution in [0.2, 0.25) is 0 Å². The second kappa shape index (κ2) is 8.21. The molecule has 2 aliphatic heterocycles. The quantitative estimate of drug-likeness (QED) is 0.790. The van der Waals surface area contributed by atoms with Crippen LogP contribution in [0.1, 0.15) is 46.5 Å². The highest BCUT2D eigenvalue weighted by Gasteiger charge is 2.42. The zero-order chi connectivity index (χ0) is 18.5. The van der Waals surface area contributed by atoms with E-state index in [9.17, 15) is 9.59 Å². The third kappa shape index (κ3) is 5.46. The maximum Gasteiger partial charge on any atom is 0.410 e. The van der Waals surface area contributed by atoms with E-state index in [1.165, 1.54) is 6.08 Å². The Kier molecular flexibility index (Phi) is 6.49. The highest BCUT2D eigenvalue weighted by Crippen LogP contribution is 2.43. The van der Waals surface area contributed by atoms with E-state index in [0.717, 1.165) is 38.9 Å². The summed E-state index contributed by atoms with van der Waals surface area (Å²) in [6, 6.07) is 0. The van der Waals surface area contributed by atoms with Crippen LogP contribution in [0.15, 0.2) is 12.7 Å². The normalized spacial score (nSPS) is 21.5. The number of carbonyl (C=O) groups is 2. The molecule has 0 radical (unpaired) electrons. The lowest BCUT2D eigenvalue weighted by Gasteiger charge is -2.47. The van der Waals surface area contributed by atoms with Crippen molar-refractivity contribution in [2.75, 3.05) is 32.8 Å². The van der Waals surface area contributed by atoms with E-state index in [2.05, 4.69) is 11.9 Å². The van der Waals surface area contributed by atoms with Crippen molar-refractivity contribution in [2.45, 2.75) is 52.1 Å². The molecule has 0 aliphatic carbocycles. The minimum Gasteiger partial charge on any atom is -0.444 e. The lowest BCUT2D eigenvalue weighted by Crippen LogP contribution is -2.50. The number of nitrogens with zero attached hydrogens (tertiary/aromatic N) is 1. The van der Waals surface area contributed by atoms with Crippen LogP contribution >= 0.6 is 0 Å². The fourth-order valence-corrected chi connectivity index (χ4v) is 3.84. The van der Waals surface area contributed by atoms with Gasteiger partial charge in [0.05, 0.1) is 0 Å². The van der Waals surface area contributed by atoms with Crippen molar-refractivity contribution >= 4 is 12.0 Å². The Bertz CT molecular complexity index is 484. The van der Waals surface area contributed by atoms with Gasteiger partial charge in [-0.2, -0.15) is 0 Å². The van der Waals surface area contributed by atoms with E-state index in [1.807, 2.05) is 20.8 Å². The summed E-state index contributed by atoms with van der Waals surface area (Å²) in [6.45, 7) is 12.7. The van der Waals surface area contributed by atoms with Crippen LogP contribution in [-0.2, 0) is 14.3 Å². The number of amides is 2. The summed E-state index contributed by atoms with van der Waals surface area (Å²) in [7, 11) is 0. The SMILES string of the molecule is C=CC(=O)NCC1(C2CCN(C(=O)OC(C)(C)C)CC2)CCOCC1. The number of rotatable bonds is 4. The molecule has 0 saturated carbocycles. The minimum atomic E-state index is -0.467. The lowest BCUT2D eigenvalue weighted by atomic mass is 9.66. The molecule has 2 fully saturated rings. The van der Waals surface area contributed by atoms with Crippen molar-refractivity contribution in [2.24, 2.45) is 11.3 Å². The van der Waals surface area contributed by atoms with Crippen LogP contribution in [0.25, 0.3) is 0 Å². The maximum atomic E-state index is 12.2. The number of piperidine rings is 1. The second-order valence-corrected chi connectivity index (χ2v) is 8.14. The Hall–Kier alpha value is -1.56. The summed E-state index contributed by atoms with van der Waals surface area (Å²) in [6.07, 6.45) is 4.85. The van der Waals surface area contributed by atoms with Crippen LogP contribution in [0.4, 0.5) is 4.79 Å². The molecule has 2 aliphatic rings. The van der Waals surface area contributed by atoms with Gasteiger partial charge in [-0.15, -0.1) is 0 Å². The number of nitrogens with one attached hydrogen (secondary N) is 1. The zero-order valence-electron chi connectivity index (χ0n) is 15.8. The van der Waals surface area contributed by atoms with E-state index in [1.54, 1.807) is 4.90 Å². The third-order valence-corrected chi connectivity index (χ3v) is 5.30. The van der Waals surface area contributed by atoms with Crippen molar-refractivity contribution in [3.63, 3.8) is 0 Å². The van der Waals surface area contributed by atoms with Crippen molar-refractivity contribution in [3.05, 3.63) is 12.7 Å². The fraction of sp³-hybridized carbons (Fsp3) is 0.789.